The van der Waals surface area contributed by atoms with Crippen LogP contribution in [0.3, 0.4) is 0 Å². The summed E-state index contributed by atoms with van der Waals surface area (Å²) >= 11 is 0. The summed E-state index contributed by atoms with van der Waals surface area (Å²) in [4.78, 5) is 4.24. The van der Waals surface area contributed by atoms with Crippen LogP contribution in [0, 0.1) is 13.8 Å². The van der Waals surface area contributed by atoms with Gasteiger partial charge in [-0.15, -0.1) is 0 Å². The lowest BCUT2D eigenvalue weighted by Gasteiger charge is -1.95. The van der Waals surface area contributed by atoms with Gasteiger partial charge in [0.25, 0.3) is 0 Å². The molecule has 0 aliphatic carbocycles. The molecule has 74 valence electrons. The number of aromatic nitrogens is 1. The van der Waals surface area contributed by atoms with E-state index >= 15 is 0 Å². The van der Waals surface area contributed by atoms with E-state index in [-0.39, 0.29) is 6.15 Å². The third-order valence-corrected chi connectivity index (χ3v) is 1.97. The molecular formula is C11H14N2O. The van der Waals surface area contributed by atoms with Crippen molar-refractivity contribution in [3.05, 3.63) is 42.0 Å². The quantitative estimate of drug-likeness (QED) is 0.751. The van der Waals surface area contributed by atoms with E-state index in [0.29, 0.717) is 5.89 Å². The molecule has 0 aliphatic rings. The summed E-state index contributed by atoms with van der Waals surface area (Å²) in [6, 6.07) is 8.23. The Bertz CT molecular complexity index is 403. The molecule has 1 aromatic heterocycles. The number of oxazole rings is 1. The zero-order valence-corrected chi connectivity index (χ0v) is 8.45. The molecular weight excluding hydrogens is 176 g/mol. The molecule has 3 nitrogen and oxygen atoms in total. The average molecular weight is 190 g/mol. The molecule has 0 saturated carbocycles. The molecule has 14 heavy (non-hydrogen) atoms. The molecule has 0 aliphatic heterocycles. The van der Waals surface area contributed by atoms with E-state index in [1.165, 1.54) is 5.56 Å². The van der Waals surface area contributed by atoms with Gasteiger partial charge in [0, 0.05) is 12.5 Å². The van der Waals surface area contributed by atoms with Gasteiger partial charge < -0.3 is 10.6 Å². The molecule has 0 amide bonds. The number of hydrogen-bond acceptors (Lipinski definition) is 3. The number of rotatable bonds is 1. The van der Waals surface area contributed by atoms with Gasteiger partial charge in [-0.25, -0.2) is 4.98 Å². The monoisotopic (exact) mass is 190 g/mol. The fourth-order valence-electron chi connectivity index (χ4n) is 1.22. The molecule has 0 saturated heterocycles. The number of hydrogen-bond donors (Lipinski definition) is 1. The number of nitrogens with zero attached hydrogens (tertiary/aromatic N) is 1. The maximum atomic E-state index is 5.14. The van der Waals surface area contributed by atoms with Crippen LogP contribution in [-0.2, 0) is 0 Å². The van der Waals surface area contributed by atoms with Crippen LogP contribution in [0.1, 0.15) is 11.5 Å². The first-order valence-electron chi connectivity index (χ1n) is 4.25. The maximum Gasteiger partial charge on any atom is 0.191 e. The third kappa shape index (κ3) is 2.00. The highest BCUT2D eigenvalue weighted by Crippen LogP contribution is 2.18. The van der Waals surface area contributed by atoms with E-state index in [2.05, 4.69) is 24.0 Å². The van der Waals surface area contributed by atoms with Crippen LogP contribution in [0.25, 0.3) is 11.3 Å². The Balaban J connectivity index is 0.000000980. The van der Waals surface area contributed by atoms with Crippen molar-refractivity contribution in [3.63, 3.8) is 0 Å². The molecule has 0 bridgehead atoms. The molecule has 3 N–H and O–H groups in total. The normalized spacial score (nSPS) is 9.57. The summed E-state index contributed by atoms with van der Waals surface area (Å²) < 4.78 is 5.14. The second-order valence-corrected chi connectivity index (χ2v) is 3.12. The van der Waals surface area contributed by atoms with Gasteiger partial charge in [0.2, 0.25) is 0 Å². The van der Waals surface area contributed by atoms with Crippen molar-refractivity contribution >= 4 is 0 Å². The van der Waals surface area contributed by atoms with Gasteiger partial charge in [-0.3, -0.25) is 0 Å². The van der Waals surface area contributed by atoms with Crippen LogP contribution in [-0.4, -0.2) is 4.98 Å². The zero-order valence-electron chi connectivity index (χ0n) is 8.45. The van der Waals surface area contributed by atoms with Crippen LogP contribution in [0.2, 0.25) is 0 Å². The first kappa shape index (κ1) is 10.5. The standard InChI is InChI=1S/C11H11NO.H3N/c1-8-3-5-10(6-4-8)11-7-13-9(2)12-11;/h3-7H,1-2H3;1H3. The topological polar surface area (TPSA) is 61.0 Å². The van der Waals surface area contributed by atoms with E-state index in [0.717, 1.165) is 11.3 Å². The molecule has 0 unspecified atom stereocenters. The first-order chi connectivity index (χ1) is 6.25. The van der Waals surface area contributed by atoms with Crippen LogP contribution in [0.15, 0.2) is 34.9 Å². The van der Waals surface area contributed by atoms with Crippen molar-refractivity contribution in [1.82, 2.24) is 11.1 Å². The largest absolute Gasteiger partial charge is 0.449 e. The SMILES string of the molecule is Cc1ccc(-c2coc(C)n2)cc1.N. The highest BCUT2D eigenvalue weighted by Gasteiger charge is 2.01. The Morgan fingerprint density at radius 3 is 2.21 bits per heavy atom. The zero-order chi connectivity index (χ0) is 9.26. The van der Waals surface area contributed by atoms with Gasteiger partial charge in [-0.2, -0.15) is 0 Å². The molecule has 2 aromatic rings. The minimum Gasteiger partial charge on any atom is -0.449 e. The number of aryl methyl sites for hydroxylation is 2. The maximum absolute atomic E-state index is 5.14. The minimum absolute atomic E-state index is 0. The van der Waals surface area contributed by atoms with E-state index in [4.69, 9.17) is 4.42 Å². The number of benzene rings is 1. The van der Waals surface area contributed by atoms with Crippen molar-refractivity contribution in [3.8, 4) is 11.3 Å². The summed E-state index contributed by atoms with van der Waals surface area (Å²) in [5.41, 5.74) is 3.25. The summed E-state index contributed by atoms with van der Waals surface area (Å²) in [5.74, 6) is 0.704. The van der Waals surface area contributed by atoms with Crippen molar-refractivity contribution in [1.29, 1.82) is 0 Å². The Morgan fingerprint density at radius 2 is 1.71 bits per heavy atom. The average Bonchev–Trinajstić information content (AvgIpc) is 2.53. The second-order valence-electron chi connectivity index (χ2n) is 3.12. The Kier molecular flexibility index (Phi) is 3.04. The highest BCUT2D eigenvalue weighted by atomic mass is 16.3. The predicted molar refractivity (Wildman–Crippen MR) is 56.4 cm³/mol. The van der Waals surface area contributed by atoms with E-state index < -0.39 is 0 Å². The molecule has 2 rings (SSSR count). The lowest BCUT2D eigenvalue weighted by Crippen LogP contribution is -1.78. The summed E-state index contributed by atoms with van der Waals surface area (Å²) in [7, 11) is 0. The smallest absolute Gasteiger partial charge is 0.191 e. The first-order valence-corrected chi connectivity index (χ1v) is 4.25. The lowest BCUT2D eigenvalue weighted by molar-refractivity contribution is 0.521. The highest BCUT2D eigenvalue weighted by molar-refractivity contribution is 5.58. The molecule has 1 heterocycles. The van der Waals surface area contributed by atoms with E-state index in [1.54, 1.807) is 6.26 Å². The van der Waals surface area contributed by atoms with Gasteiger partial charge in [-0.1, -0.05) is 29.8 Å². The summed E-state index contributed by atoms with van der Waals surface area (Å²) in [6.45, 7) is 3.91. The van der Waals surface area contributed by atoms with Gasteiger partial charge >= 0.3 is 0 Å². The molecule has 1 aromatic carbocycles. The molecule has 0 spiro atoms. The van der Waals surface area contributed by atoms with Crippen molar-refractivity contribution in [2.24, 2.45) is 0 Å². The minimum atomic E-state index is 0. The second kappa shape index (κ2) is 4.07. The summed E-state index contributed by atoms with van der Waals surface area (Å²) in [6.07, 6.45) is 1.68. The van der Waals surface area contributed by atoms with Gasteiger partial charge in [0.1, 0.15) is 12.0 Å². The van der Waals surface area contributed by atoms with Crippen molar-refractivity contribution < 1.29 is 4.42 Å². The molecule has 3 heteroatoms. The van der Waals surface area contributed by atoms with Gasteiger partial charge in [0.15, 0.2) is 5.89 Å². The molecule has 0 atom stereocenters. The van der Waals surface area contributed by atoms with E-state index in [9.17, 15) is 0 Å². The van der Waals surface area contributed by atoms with Crippen LogP contribution >= 0.6 is 0 Å². The van der Waals surface area contributed by atoms with Gasteiger partial charge in [0.05, 0.1) is 0 Å². The van der Waals surface area contributed by atoms with Gasteiger partial charge in [-0.05, 0) is 6.92 Å². The third-order valence-electron chi connectivity index (χ3n) is 1.97. The van der Waals surface area contributed by atoms with Crippen molar-refractivity contribution in [2.75, 3.05) is 0 Å². The van der Waals surface area contributed by atoms with E-state index in [1.807, 2.05) is 19.1 Å². The Morgan fingerprint density at radius 1 is 1.07 bits per heavy atom. The fraction of sp³-hybridized carbons (Fsp3) is 0.182. The molecule has 0 fully saturated rings. The Hall–Kier alpha value is -1.61. The predicted octanol–water partition coefficient (Wildman–Crippen LogP) is 3.12. The van der Waals surface area contributed by atoms with Crippen LogP contribution in [0.5, 0.6) is 0 Å². The molecule has 0 radical (unpaired) electrons. The van der Waals surface area contributed by atoms with Crippen LogP contribution in [0.4, 0.5) is 0 Å². The lowest BCUT2D eigenvalue weighted by atomic mass is 10.1. The van der Waals surface area contributed by atoms with Crippen LogP contribution < -0.4 is 6.15 Å². The summed E-state index contributed by atoms with van der Waals surface area (Å²) in [5, 5.41) is 0. The van der Waals surface area contributed by atoms with Crippen molar-refractivity contribution in [2.45, 2.75) is 13.8 Å². The Labute approximate surface area is 83.4 Å². The fourth-order valence-corrected chi connectivity index (χ4v) is 1.22.